The summed E-state index contributed by atoms with van der Waals surface area (Å²) in [6.07, 6.45) is 4.70. The van der Waals surface area contributed by atoms with Gasteiger partial charge in [0.05, 0.1) is 11.7 Å². The van der Waals surface area contributed by atoms with Gasteiger partial charge in [-0.15, -0.1) is 0 Å². The highest BCUT2D eigenvalue weighted by Gasteiger charge is 2.32. The summed E-state index contributed by atoms with van der Waals surface area (Å²) in [5, 5.41) is 6.80. The van der Waals surface area contributed by atoms with Crippen LogP contribution >= 0.6 is 0 Å². The van der Waals surface area contributed by atoms with Gasteiger partial charge in [0.25, 0.3) is 5.91 Å². The summed E-state index contributed by atoms with van der Waals surface area (Å²) in [6.45, 7) is 4.86. The molecule has 6 heteroatoms. The third-order valence-corrected chi connectivity index (χ3v) is 4.33. The van der Waals surface area contributed by atoms with E-state index >= 15 is 0 Å². The first kappa shape index (κ1) is 15.5. The van der Waals surface area contributed by atoms with Crippen LogP contribution in [0.15, 0.2) is 6.07 Å². The number of hydrogen-bond donors (Lipinski definition) is 2. The second-order valence-electron chi connectivity index (χ2n) is 5.63. The number of amides is 2. The molecule has 1 atom stereocenters. The zero-order valence-electron chi connectivity index (χ0n) is 12.8. The number of aromatic amines is 1. The Labute approximate surface area is 125 Å². The summed E-state index contributed by atoms with van der Waals surface area (Å²) in [5.74, 6) is -0.268. The van der Waals surface area contributed by atoms with Crippen LogP contribution in [0.3, 0.4) is 0 Å². The lowest BCUT2D eigenvalue weighted by atomic mass is 9.94. The van der Waals surface area contributed by atoms with Gasteiger partial charge in [0.1, 0.15) is 5.69 Å². The molecule has 1 saturated heterocycles. The van der Waals surface area contributed by atoms with E-state index in [-0.39, 0.29) is 23.6 Å². The molecule has 0 radical (unpaired) electrons. The van der Waals surface area contributed by atoms with Gasteiger partial charge in [0.2, 0.25) is 5.91 Å². The molecular weight excluding hydrogens is 268 g/mol. The number of rotatable bonds is 5. The van der Waals surface area contributed by atoms with Crippen LogP contribution in [0.1, 0.15) is 68.2 Å². The molecule has 0 bridgehead atoms. The zero-order valence-corrected chi connectivity index (χ0v) is 12.8. The van der Waals surface area contributed by atoms with Crippen LogP contribution in [0, 0.1) is 5.92 Å². The zero-order chi connectivity index (χ0) is 15.4. The van der Waals surface area contributed by atoms with Crippen molar-refractivity contribution in [2.24, 2.45) is 11.7 Å². The van der Waals surface area contributed by atoms with Gasteiger partial charge < -0.3 is 10.6 Å². The van der Waals surface area contributed by atoms with Gasteiger partial charge in [-0.25, -0.2) is 0 Å². The Hall–Kier alpha value is -1.85. The minimum Gasteiger partial charge on any atom is -0.364 e. The summed E-state index contributed by atoms with van der Waals surface area (Å²) < 4.78 is 0. The van der Waals surface area contributed by atoms with Gasteiger partial charge in [0, 0.05) is 12.5 Å². The molecular formula is C15H24N4O2. The average molecular weight is 292 g/mol. The number of H-pyrrole nitrogens is 1. The number of aromatic nitrogens is 2. The summed E-state index contributed by atoms with van der Waals surface area (Å²) in [4.78, 5) is 25.8. The maximum absolute atomic E-state index is 12.7. The largest absolute Gasteiger partial charge is 0.364 e. The van der Waals surface area contributed by atoms with Crippen LogP contribution in [0.4, 0.5) is 0 Å². The molecule has 116 valence electrons. The normalized spacial score (nSPS) is 19.0. The van der Waals surface area contributed by atoms with Crippen LogP contribution in [0.25, 0.3) is 0 Å². The van der Waals surface area contributed by atoms with Gasteiger partial charge in [-0.3, -0.25) is 14.7 Å². The van der Waals surface area contributed by atoms with E-state index in [0.717, 1.165) is 44.3 Å². The van der Waals surface area contributed by atoms with Gasteiger partial charge in [-0.2, -0.15) is 5.10 Å². The maximum atomic E-state index is 12.7. The van der Waals surface area contributed by atoms with Crippen molar-refractivity contribution in [1.82, 2.24) is 15.1 Å². The standard InChI is InChI=1S/C15H24N4O2/c1-3-10(4-2)15(21)19-8-6-5-7-13(19)11-9-12(14(16)20)18-17-11/h9-10,13H,3-8H2,1-2H3,(H2,16,20)(H,17,18). The van der Waals surface area contributed by atoms with Crippen molar-refractivity contribution >= 4 is 11.8 Å². The van der Waals surface area contributed by atoms with E-state index in [2.05, 4.69) is 10.2 Å². The van der Waals surface area contributed by atoms with E-state index in [9.17, 15) is 9.59 Å². The SMILES string of the molecule is CCC(CC)C(=O)N1CCCCC1c1cc(C(N)=O)n[nH]1. The van der Waals surface area contributed by atoms with E-state index in [4.69, 9.17) is 5.73 Å². The first-order valence-electron chi connectivity index (χ1n) is 7.74. The molecule has 2 rings (SSSR count). The lowest BCUT2D eigenvalue weighted by molar-refractivity contribution is -0.139. The summed E-state index contributed by atoms with van der Waals surface area (Å²) in [7, 11) is 0. The molecule has 1 aromatic rings. The molecule has 0 aromatic carbocycles. The molecule has 0 aliphatic carbocycles. The molecule has 2 amide bonds. The van der Waals surface area contributed by atoms with Crippen molar-refractivity contribution < 1.29 is 9.59 Å². The van der Waals surface area contributed by atoms with Crippen molar-refractivity contribution in [3.05, 3.63) is 17.5 Å². The number of likely N-dealkylation sites (tertiary alicyclic amines) is 1. The highest BCUT2D eigenvalue weighted by molar-refractivity contribution is 5.90. The Morgan fingerprint density at radius 2 is 2.14 bits per heavy atom. The van der Waals surface area contributed by atoms with Crippen molar-refractivity contribution in [3.63, 3.8) is 0 Å². The number of nitrogens with two attached hydrogens (primary N) is 1. The second kappa shape index (κ2) is 6.74. The van der Waals surface area contributed by atoms with Crippen molar-refractivity contribution in [2.75, 3.05) is 6.54 Å². The Bertz CT molecular complexity index is 508. The number of hydrogen-bond acceptors (Lipinski definition) is 3. The lowest BCUT2D eigenvalue weighted by Gasteiger charge is -2.37. The fourth-order valence-electron chi connectivity index (χ4n) is 3.02. The van der Waals surface area contributed by atoms with Gasteiger partial charge in [-0.1, -0.05) is 13.8 Å². The predicted octanol–water partition coefficient (Wildman–Crippen LogP) is 2.00. The first-order valence-corrected chi connectivity index (χ1v) is 7.74. The second-order valence-corrected chi connectivity index (χ2v) is 5.63. The molecule has 2 heterocycles. The molecule has 0 spiro atoms. The quantitative estimate of drug-likeness (QED) is 0.869. The van der Waals surface area contributed by atoms with Crippen molar-refractivity contribution in [1.29, 1.82) is 0 Å². The van der Waals surface area contributed by atoms with Crippen LogP contribution in [-0.2, 0) is 4.79 Å². The molecule has 1 aromatic heterocycles. The fourth-order valence-corrected chi connectivity index (χ4v) is 3.02. The van der Waals surface area contributed by atoms with Crippen LogP contribution < -0.4 is 5.73 Å². The first-order chi connectivity index (χ1) is 10.1. The summed E-state index contributed by atoms with van der Waals surface area (Å²) >= 11 is 0. The maximum Gasteiger partial charge on any atom is 0.269 e. The number of nitrogens with zero attached hydrogens (tertiary/aromatic N) is 2. The number of carbonyl (C=O) groups is 2. The van der Waals surface area contributed by atoms with Gasteiger partial charge >= 0.3 is 0 Å². The number of carbonyl (C=O) groups excluding carboxylic acids is 2. The third-order valence-electron chi connectivity index (χ3n) is 4.33. The Balaban J connectivity index is 2.21. The van der Waals surface area contributed by atoms with E-state index in [1.165, 1.54) is 0 Å². The van der Waals surface area contributed by atoms with Crippen molar-refractivity contribution in [2.45, 2.75) is 52.0 Å². The topological polar surface area (TPSA) is 92.1 Å². The highest BCUT2D eigenvalue weighted by atomic mass is 16.2. The molecule has 1 aliphatic heterocycles. The highest BCUT2D eigenvalue weighted by Crippen LogP contribution is 2.32. The van der Waals surface area contributed by atoms with Crippen LogP contribution in [0.5, 0.6) is 0 Å². The Morgan fingerprint density at radius 1 is 1.43 bits per heavy atom. The van der Waals surface area contributed by atoms with E-state index in [0.29, 0.717) is 0 Å². The van der Waals surface area contributed by atoms with E-state index < -0.39 is 5.91 Å². The van der Waals surface area contributed by atoms with Crippen LogP contribution in [-0.4, -0.2) is 33.5 Å². The Morgan fingerprint density at radius 3 is 2.71 bits per heavy atom. The third kappa shape index (κ3) is 3.25. The summed E-state index contributed by atoms with van der Waals surface area (Å²) in [5.41, 5.74) is 6.28. The monoisotopic (exact) mass is 292 g/mol. The predicted molar refractivity (Wildman–Crippen MR) is 79.5 cm³/mol. The van der Waals surface area contributed by atoms with Gasteiger partial charge in [-0.05, 0) is 38.2 Å². The number of piperidine rings is 1. The minimum atomic E-state index is -0.550. The molecule has 3 N–H and O–H groups in total. The average Bonchev–Trinajstić information content (AvgIpc) is 2.98. The van der Waals surface area contributed by atoms with Crippen LogP contribution in [0.2, 0.25) is 0 Å². The lowest BCUT2D eigenvalue weighted by Crippen LogP contribution is -2.41. The number of primary amides is 1. The molecule has 6 nitrogen and oxygen atoms in total. The summed E-state index contributed by atoms with van der Waals surface area (Å²) in [6, 6.07) is 1.65. The minimum absolute atomic E-state index is 0.0209. The van der Waals surface area contributed by atoms with Crippen molar-refractivity contribution in [3.8, 4) is 0 Å². The molecule has 0 saturated carbocycles. The van der Waals surface area contributed by atoms with E-state index in [1.807, 2.05) is 18.7 Å². The molecule has 21 heavy (non-hydrogen) atoms. The van der Waals surface area contributed by atoms with Gasteiger partial charge in [0.15, 0.2) is 0 Å². The molecule has 1 aliphatic rings. The Kier molecular flexibility index (Phi) is 4.98. The fraction of sp³-hybridized carbons (Fsp3) is 0.667. The number of nitrogens with one attached hydrogen (secondary N) is 1. The molecule has 1 fully saturated rings. The van der Waals surface area contributed by atoms with E-state index in [1.54, 1.807) is 6.07 Å². The smallest absolute Gasteiger partial charge is 0.269 e. The molecule has 1 unspecified atom stereocenters.